The first-order valence-electron chi connectivity index (χ1n) is 6.36. The first-order valence-corrected chi connectivity index (χ1v) is 6.36. The fraction of sp³-hybridized carbons (Fsp3) is 0.846. The molecule has 1 saturated heterocycles. The van der Waals surface area contributed by atoms with Crippen LogP contribution in [0.5, 0.6) is 0 Å². The van der Waals surface area contributed by atoms with Gasteiger partial charge in [0, 0.05) is 0 Å². The number of hydrogen-bond acceptors (Lipinski definition) is 2. The van der Waals surface area contributed by atoms with E-state index < -0.39 is 0 Å². The minimum Gasteiger partial charge on any atom is -0.440 e. The highest BCUT2D eigenvalue weighted by Crippen LogP contribution is 2.33. The van der Waals surface area contributed by atoms with Crippen molar-refractivity contribution in [2.45, 2.75) is 56.8 Å². The quantitative estimate of drug-likeness (QED) is 0.437. The average molecular weight is 226 g/mol. The lowest BCUT2D eigenvalue weighted by atomic mass is 9.89. The molecule has 3 atom stereocenters. The zero-order valence-electron chi connectivity index (χ0n) is 10.4. The summed E-state index contributed by atoms with van der Waals surface area (Å²) in [6.45, 7) is 2.79. The number of likely N-dealkylation sites (N-methyl/N-ethyl adjacent to an activating group) is 1. The van der Waals surface area contributed by atoms with Gasteiger partial charge in [0.05, 0.1) is 12.6 Å². The summed E-state index contributed by atoms with van der Waals surface area (Å²) in [5, 5.41) is 11.5. The predicted octanol–water partition coefficient (Wildman–Crippen LogP) is 1.35. The van der Waals surface area contributed by atoms with Crippen molar-refractivity contribution in [3.63, 3.8) is 0 Å². The molecule has 16 heavy (non-hydrogen) atoms. The van der Waals surface area contributed by atoms with E-state index >= 15 is 0 Å². The van der Waals surface area contributed by atoms with E-state index in [1.165, 1.54) is 31.3 Å². The van der Waals surface area contributed by atoms with Gasteiger partial charge >= 0.3 is 0 Å². The van der Waals surface area contributed by atoms with E-state index in [9.17, 15) is 0 Å². The van der Waals surface area contributed by atoms with Gasteiger partial charge in [-0.2, -0.15) is 0 Å². The van der Waals surface area contributed by atoms with Crippen molar-refractivity contribution in [3.05, 3.63) is 11.6 Å². The third-order valence-electron chi connectivity index (χ3n) is 3.90. The second-order valence-corrected chi connectivity index (χ2v) is 5.29. The Hall–Kier alpha value is -0.380. The molecule has 3 heteroatoms. The van der Waals surface area contributed by atoms with Crippen molar-refractivity contribution < 1.29 is 9.84 Å². The highest BCUT2D eigenvalue weighted by Gasteiger charge is 2.53. The second kappa shape index (κ2) is 4.86. The van der Waals surface area contributed by atoms with Gasteiger partial charge in [-0.15, -0.1) is 0 Å². The Bertz CT molecular complexity index is 271. The molecule has 3 nitrogen and oxygen atoms in total. The summed E-state index contributed by atoms with van der Waals surface area (Å²) in [5.74, 6) is 0. The first-order chi connectivity index (χ1) is 7.65. The van der Waals surface area contributed by atoms with Gasteiger partial charge < -0.3 is 15.2 Å². The molecule has 1 heterocycles. The molecule has 0 spiro atoms. The molecule has 0 bridgehead atoms. The highest BCUT2D eigenvalue weighted by molar-refractivity contribution is 5.10. The molecule has 0 amide bonds. The smallest absolute Gasteiger partial charge is 0.201 e. The number of epoxide rings is 1. The van der Waals surface area contributed by atoms with Crippen molar-refractivity contribution in [1.82, 2.24) is 5.32 Å². The fourth-order valence-electron chi connectivity index (χ4n) is 2.48. The Morgan fingerprint density at radius 1 is 1.56 bits per heavy atom. The molecule has 0 aromatic carbocycles. The molecule has 1 aliphatic heterocycles. The molecule has 2 aliphatic rings. The van der Waals surface area contributed by atoms with Crippen LogP contribution in [-0.2, 0) is 4.74 Å². The molecule has 2 rings (SSSR count). The molecule has 1 unspecified atom stereocenters. The van der Waals surface area contributed by atoms with Gasteiger partial charge in [-0.3, -0.25) is 0 Å². The van der Waals surface area contributed by atoms with Crippen molar-refractivity contribution in [2.24, 2.45) is 0 Å². The van der Waals surface area contributed by atoms with E-state index in [0.29, 0.717) is 0 Å². The van der Waals surface area contributed by atoms with Crippen LogP contribution < -0.4 is 5.32 Å². The van der Waals surface area contributed by atoms with Crippen LogP contribution >= 0.6 is 0 Å². The number of rotatable bonds is 5. The normalized spacial score (nSPS) is 33.1. The third-order valence-corrected chi connectivity index (χ3v) is 3.90. The number of allylic oxidation sites excluding steroid dienone is 1. The Morgan fingerprint density at radius 3 is 2.81 bits per heavy atom. The van der Waals surface area contributed by atoms with Crippen LogP contribution in [0.3, 0.4) is 0 Å². The molecule has 92 valence electrons. The lowest BCUT2D eigenvalue weighted by molar-refractivity contribution is 0.0531. The van der Waals surface area contributed by atoms with Crippen LogP contribution in [0.1, 0.15) is 39.0 Å². The van der Waals surface area contributed by atoms with E-state index in [1.54, 1.807) is 0 Å². The van der Waals surface area contributed by atoms with Crippen LogP contribution in [0.25, 0.3) is 0 Å². The van der Waals surface area contributed by atoms with Crippen molar-refractivity contribution in [2.75, 3.05) is 13.7 Å². The number of ether oxygens (including phenoxy) is 1. The molecule has 3 N–H and O–H groups in total. The van der Waals surface area contributed by atoms with Gasteiger partial charge in [0.15, 0.2) is 5.60 Å². The number of nitrogens with one attached hydrogen (secondary N) is 1. The van der Waals surface area contributed by atoms with Gasteiger partial charge in [0.25, 0.3) is 0 Å². The van der Waals surface area contributed by atoms with Crippen molar-refractivity contribution in [1.29, 1.82) is 0 Å². The van der Waals surface area contributed by atoms with Gasteiger partial charge in [0.1, 0.15) is 0 Å². The molecule has 0 saturated carbocycles. The van der Waals surface area contributed by atoms with E-state index in [-0.39, 0.29) is 17.7 Å². The van der Waals surface area contributed by atoms with Crippen molar-refractivity contribution >= 4 is 0 Å². The minimum absolute atomic E-state index is 0.152. The maximum absolute atomic E-state index is 8.25. The monoisotopic (exact) mass is 226 g/mol. The molecule has 0 radical (unpaired) electrons. The van der Waals surface area contributed by atoms with Gasteiger partial charge in [-0.05, 0) is 46.1 Å². The topological polar surface area (TPSA) is 47.5 Å². The molecule has 1 fully saturated rings. The highest BCUT2D eigenvalue weighted by atomic mass is 16.6. The zero-order valence-corrected chi connectivity index (χ0v) is 10.4. The average Bonchev–Trinajstić information content (AvgIpc) is 3.06. The maximum Gasteiger partial charge on any atom is 0.201 e. The molecule has 1 aliphatic carbocycles. The van der Waals surface area contributed by atoms with Gasteiger partial charge in [-0.1, -0.05) is 11.6 Å². The van der Waals surface area contributed by atoms with E-state index in [2.05, 4.69) is 11.4 Å². The largest absolute Gasteiger partial charge is 0.440 e. The Balaban J connectivity index is 1.91. The third kappa shape index (κ3) is 2.65. The summed E-state index contributed by atoms with van der Waals surface area (Å²) in [7, 11) is 1.96. The molecule has 0 aromatic rings. The SMILES string of the molecule is CN[C@@H](CC1=CCCCC1)C([OH2+])[C@@]1(C)CO1. The van der Waals surface area contributed by atoms with Crippen molar-refractivity contribution in [3.8, 4) is 0 Å². The van der Waals surface area contributed by atoms with Crippen LogP contribution in [0.4, 0.5) is 0 Å². The van der Waals surface area contributed by atoms with Crippen LogP contribution in [0, 0.1) is 0 Å². The molecular weight excluding hydrogens is 202 g/mol. The van der Waals surface area contributed by atoms with Crippen LogP contribution in [0.2, 0.25) is 0 Å². The Kier molecular flexibility index (Phi) is 3.67. The summed E-state index contributed by atoms with van der Waals surface area (Å²) in [6.07, 6.45) is 8.34. The lowest BCUT2D eigenvalue weighted by Crippen LogP contribution is -2.46. The number of hydrogen-bond donors (Lipinski definition) is 1. The molecular formula is C13H24NO2+. The zero-order chi connectivity index (χ0) is 11.6. The summed E-state index contributed by atoms with van der Waals surface area (Å²) in [4.78, 5) is 0. The summed E-state index contributed by atoms with van der Waals surface area (Å²) in [6, 6.07) is 0.233. The van der Waals surface area contributed by atoms with E-state index in [1.807, 2.05) is 14.0 Å². The maximum atomic E-state index is 8.25. The van der Waals surface area contributed by atoms with Crippen LogP contribution in [-0.4, -0.2) is 36.5 Å². The summed E-state index contributed by atoms with van der Waals surface area (Å²) in [5.41, 5.74) is 1.34. The van der Waals surface area contributed by atoms with Gasteiger partial charge in [0.2, 0.25) is 6.10 Å². The van der Waals surface area contributed by atoms with Crippen LogP contribution in [0.15, 0.2) is 11.6 Å². The summed E-state index contributed by atoms with van der Waals surface area (Å²) < 4.78 is 5.38. The second-order valence-electron chi connectivity index (χ2n) is 5.29. The summed E-state index contributed by atoms with van der Waals surface area (Å²) >= 11 is 0. The van der Waals surface area contributed by atoms with Gasteiger partial charge in [-0.25, -0.2) is 0 Å². The predicted molar refractivity (Wildman–Crippen MR) is 65.8 cm³/mol. The van der Waals surface area contributed by atoms with E-state index in [0.717, 1.165) is 13.0 Å². The minimum atomic E-state index is -0.192. The van der Waals surface area contributed by atoms with E-state index in [4.69, 9.17) is 9.84 Å². The molecule has 0 aromatic heterocycles. The first kappa shape index (κ1) is 12.1. The standard InChI is InChI=1S/C13H23NO2/c1-13(9-16-13)12(15)11(14-2)8-10-6-4-3-5-7-10/h6,11-12,14-15H,3-5,7-9H2,1-2H3/p+1/t11-,12?,13+/m0/s1. The Labute approximate surface area is 97.9 Å². The fourth-order valence-corrected chi connectivity index (χ4v) is 2.48. The Morgan fingerprint density at radius 2 is 2.31 bits per heavy atom. The lowest BCUT2D eigenvalue weighted by Gasteiger charge is -2.24.